The Labute approximate surface area is 198 Å². The van der Waals surface area contributed by atoms with Crippen LogP contribution in [0.1, 0.15) is 23.4 Å². The van der Waals surface area contributed by atoms with Gasteiger partial charge in [0.05, 0.1) is 12.8 Å². The number of H-pyrrole nitrogens is 1. The van der Waals surface area contributed by atoms with E-state index in [4.69, 9.17) is 9.47 Å². The van der Waals surface area contributed by atoms with Crippen molar-refractivity contribution in [3.63, 3.8) is 0 Å². The lowest BCUT2D eigenvalue weighted by Crippen LogP contribution is -2.27. The molecule has 7 nitrogen and oxygen atoms in total. The van der Waals surface area contributed by atoms with E-state index in [0.717, 1.165) is 27.9 Å². The van der Waals surface area contributed by atoms with Crippen LogP contribution >= 0.6 is 0 Å². The summed E-state index contributed by atoms with van der Waals surface area (Å²) in [6, 6.07) is 19.2. The third kappa shape index (κ3) is 5.67. The number of pyridine rings is 1. The lowest BCUT2D eigenvalue weighted by Gasteiger charge is -2.15. The molecule has 2 aromatic carbocycles. The first-order valence-electron chi connectivity index (χ1n) is 11.3. The van der Waals surface area contributed by atoms with Crippen molar-refractivity contribution < 1.29 is 14.3 Å². The van der Waals surface area contributed by atoms with Crippen molar-refractivity contribution in [2.45, 2.75) is 32.9 Å². The first-order chi connectivity index (χ1) is 16.5. The summed E-state index contributed by atoms with van der Waals surface area (Å²) in [7, 11) is 1.65. The maximum absolute atomic E-state index is 12.4. The second-order valence-electron chi connectivity index (χ2n) is 8.16. The minimum Gasteiger partial charge on any atom is -0.497 e. The Bertz CT molecular complexity index is 1320. The Balaban J connectivity index is 1.28. The van der Waals surface area contributed by atoms with Gasteiger partial charge in [0.1, 0.15) is 12.4 Å². The molecule has 0 radical (unpaired) electrons. The molecule has 2 heterocycles. The molecular weight excluding hydrogens is 430 g/mol. The number of rotatable bonds is 10. The molecule has 0 bridgehead atoms. The van der Waals surface area contributed by atoms with Gasteiger partial charge in [-0.2, -0.15) is 0 Å². The van der Waals surface area contributed by atoms with E-state index >= 15 is 0 Å². The standard InChI is InChI=1S/C27H29N3O4/c1-19-27(34-18-20-6-4-3-5-7-20)25(31)11-14-30(19)15-12-26(32)28-13-10-22-16-21-17-23(33-2)8-9-24(21)29-22/h3-9,11,14,16-17,29H,10,12-13,15,18H2,1-2H3,(H,28,32). The van der Waals surface area contributed by atoms with Crippen LogP contribution in [0.3, 0.4) is 0 Å². The Hall–Kier alpha value is -4.00. The van der Waals surface area contributed by atoms with Gasteiger partial charge < -0.3 is 24.3 Å². The highest BCUT2D eigenvalue weighted by Gasteiger charge is 2.11. The Morgan fingerprint density at radius 3 is 2.71 bits per heavy atom. The Kier molecular flexibility index (Phi) is 7.32. The first kappa shape index (κ1) is 23.2. The molecule has 1 amide bonds. The molecule has 4 aromatic rings. The quantitative estimate of drug-likeness (QED) is 0.376. The molecule has 0 aliphatic heterocycles. The number of amides is 1. The summed E-state index contributed by atoms with van der Waals surface area (Å²) in [4.78, 5) is 28.1. The van der Waals surface area contributed by atoms with Crippen LogP contribution in [0.5, 0.6) is 11.5 Å². The molecule has 0 fully saturated rings. The number of hydrogen-bond acceptors (Lipinski definition) is 4. The van der Waals surface area contributed by atoms with E-state index in [1.807, 2.05) is 60.0 Å². The second-order valence-corrected chi connectivity index (χ2v) is 8.16. The maximum Gasteiger partial charge on any atom is 0.223 e. The minimum absolute atomic E-state index is 0.0392. The number of aryl methyl sites for hydroxylation is 1. The molecule has 176 valence electrons. The molecule has 34 heavy (non-hydrogen) atoms. The van der Waals surface area contributed by atoms with E-state index in [9.17, 15) is 9.59 Å². The van der Waals surface area contributed by atoms with Crippen LogP contribution in [0.25, 0.3) is 10.9 Å². The number of aromatic nitrogens is 2. The molecule has 0 saturated heterocycles. The third-order valence-electron chi connectivity index (χ3n) is 5.80. The molecule has 4 rings (SSSR count). The lowest BCUT2D eigenvalue weighted by atomic mass is 10.2. The van der Waals surface area contributed by atoms with Gasteiger partial charge in [-0.15, -0.1) is 0 Å². The van der Waals surface area contributed by atoms with Crippen molar-refractivity contribution in [2.24, 2.45) is 0 Å². The predicted molar refractivity (Wildman–Crippen MR) is 132 cm³/mol. The van der Waals surface area contributed by atoms with Crippen LogP contribution in [-0.4, -0.2) is 29.1 Å². The number of benzene rings is 2. The van der Waals surface area contributed by atoms with Gasteiger partial charge in [-0.3, -0.25) is 9.59 Å². The number of carbonyl (C=O) groups excluding carboxylic acids is 1. The van der Waals surface area contributed by atoms with E-state index < -0.39 is 0 Å². The number of fused-ring (bicyclic) bond motifs is 1. The summed E-state index contributed by atoms with van der Waals surface area (Å²) in [5.74, 6) is 1.10. The fraction of sp³-hybridized carbons (Fsp3) is 0.259. The Morgan fingerprint density at radius 1 is 1.09 bits per heavy atom. The van der Waals surface area contributed by atoms with Crippen LogP contribution in [0, 0.1) is 6.92 Å². The summed E-state index contributed by atoms with van der Waals surface area (Å²) in [6.45, 7) is 3.16. The SMILES string of the molecule is COc1ccc2[nH]c(CCNC(=O)CCn3ccc(=O)c(OCc4ccccc4)c3C)cc2c1. The van der Waals surface area contributed by atoms with Gasteiger partial charge in [0.2, 0.25) is 11.3 Å². The summed E-state index contributed by atoms with van der Waals surface area (Å²) in [5.41, 5.74) is 3.64. The average molecular weight is 460 g/mol. The minimum atomic E-state index is -0.162. The van der Waals surface area contributed by atoms with Gasteiger partial charge in [-0.1, -0.05) is 30.3 Å². The monoisotopic (exact) mass is 459 g/mol. The van der Waals surface area contributed by atoms with Crippen molar-refractivity contribution in [1.82, 2.24) is 14.9 Å². The molecule has 0 atom stereocenters. The van der Waals surface area contributed by atoms with Crippen molar-refractivity contribution in [1.29, 1.82) is 0 Å². The van der Waals surface area contributed by atoms with Gasteiger partial charge in [0.25, 0.3) is 0 Å². The van der Waals surface area contributed by atoms with Gasteiger partial charge in [-0.25, -0.2) is 0 Å². The highest BCUT2D eigenvalue weighted by atomic mass is 16.5. The van der Waals surface area contributed by atoms with Gasteiger partial charge >= 0.3 is 0 Å². The fourth-order valence-corrected chi connectivity index (χ4v) is 3.88. The van der Waals surface area contributed by atoms with Gasteiger partial charge in [0.15, 0.2) is 5.75 Å². The molecule has 2 aromatic heterocycles. The van der Waals surface area contributed by atoms with Crippen LogP contribution < -0.4 is 20.2 Å². The van der Waals surface area contributed by atoms with Crippen LogP contribution in [-0.2, 0) is 24.4 Å². The molecule has 0 spiro atoms. The number of nitrogens with zero attached hydrogens (tertiary/aromatic N) is 1. The van der Waals surface area contributed by atoms with Crippen LogP contribution in [0.15, 0.2) is 71.7 Å². The lowest BCUT2D eigenvalue weighted by molar-refractivity contribution is -0.121. The first-order valence-corrected chi connectivity index (χ1v) is 11.3. The average Bonchev–Trinajstić information content (AvgIpc) is 3.26. The maximum atomic E-state index is 12.4. The topological polar surface area (TPSA) is 85.4 Å². The van der Waals surface area contributed by atoms with Crippen LogP contribution in [0.2, 0.25) is 0 Å². The number of nitrogens with one attached hydrogen (secondary N) is 2. The van der Waals surface area contributed by atoms with Crippen molar-refractivity contribution in [3.05, 3.63) is 94.0 Å². The zero-order valence-corrected chi connectivity index (χ0v) is 19.5. The molecule has 0 unspecified atom stereocenters. The number of ether oxygens (including phenoxy) is 2. The third-order valence-corrected chi connectivity index (χ3v) is 5.80. The van der Waals surface area contributed by atoms with Crippen molar-refractivity contribution in [2.75, 3.05) is 13.7 Å². The smallest absolute Gasteiger partial charge is 0.223 e. The largest absolute Gasteiger partial charge is 0.497 e. The van der Waals surface area contributed by atoms with E-state index in [2.05, 4.69) is 16.4 Å². The van der Waals surface area contributed by atoms with Crippen molar-refractivity contribution in [3.8, 4) is 11.5 Å². The van der Waals surface area contributed by atoms with Crippen molar-refractivity contribution >= 4 is 16.8 Å². The summed E-state index contributed by atoms with van der Waals surface area (Å²) >= 11 is 0. The predicted octanol–water partition coefficient (Wildman–Crippen LogP) is 3.97. The van der Waals surface area contributed by atoms with E-state index in [1.165, 1.54) is 6.07 Å². The fourth-order valence-electron chi connectivity index (χ4n) is 3.88. The normalized spacial score (nSPS) is 10.9. The van der Waals surface area contributed by atoms with Gasteiger partial charge in [0, 0.05) is 54.8 Å². The number of carbonyl (C=O) groups is 1. The molecule has 2 N–H and O–H groups in total. The van der Waals surface area contributed by atoms with Crippen LogP contribution in [0.4, 0.5) is 0 Å². The summed E-state index contributed by atoms with van der Waals surface area (Å²) in [6.07, 6.45) is 2.72. The van der Waals surface area contributed by atoms with Gasteiger partial charge in [-0.05, 0) is 36.8 Å². The zero-order valence-electron chi connectivity index (χ0n) is 19.5. The highest BCUT2D eigenvalue weighted by Crippen LogP contribution is 2.21. The van der Waals surface area contributed by atoms with E-state index in [0.29, 0.717) is 44.0 Å². The summed E-state index contributed by atoms with van der Waals surface area (Å²) in [5, 5.41) is 4.05. The molecule has 0 aliphatic rings. The zero-order chi connectivity index (χ0) is 23.9. The molecule has 0 aliphatic carbocycles. The highest BCUT2D eigenvalue weighted by molar-refractivity contribution is 5.82. The molecule has 7 heteroatoms. The van der Waals surface area contributed by atoms with E-state index in [1.54, 1.807) is 13.3 Å². The number of methoxy groups -OCH3 is 1. The summed E-state index contributed by atoms with van der Waals surface area (Å²) < 4.78 is 13.0. The number of hydrogen-bond donors (Lipinski definition) is 2. The second kappa shape index (κ2) is 10.7. The van der Waals surface area contributed by atoms with E-state index in [-0.39, 0.29) is 11.3 Å². The Morgan fingerprint density at radius 2 is 1.91 bits per heavy atom. The molecular formula is C27H29N3O4. The molecule has 0 saturated carbocycles. The number of aromatic amines is 1.